The Morgan fingerprint density at radius 2 is 2.38 bits per heavy atom. The summed E-state index contributed by atoms with van der Waals surface area (Å²) in [6.07, 6.45) is 2.88. The SMILES string of the molecule is [C-]#[N+]c1ccc(CNCCC)cn1. The van der Waals surface area contributed by atoms with Gasteiger partial charge in [0.1, 0.15) is 6.20 Å². The van der Waals surface area contributed by atoms with Crippen LogP contribution in [-0.2, 0) is 6.54 Å². The zero-order chi connectivity index (χ0) is 9.52. The lowest BCUT2D eigenvalue weighted by Gasteiger charge is -2.00. The molecule has 1 rings (SSSR count). The van der Waals surface area contributed by atoms with Crippen LogP contribution in [0.25, 0.3) is 4.85 Å². The quantitative estimate of drug-likeness (QED) is 0.561. The number of pyridine rings is 1. The highest BCUT2D eigenvalue weighted by Gasteiger charge is 1.95. The van der Waals surface area contributed by atoms with E-state index in [4.69, 9.17) is 6.57 Å². The minimum Gasteiger partial charge on any atom is -0.361 e. The van der Waals surface area contributed by atoms with E-state index in [1.807, 2.05) is 6.07 Å². The second-order valence-corrected chi connectivity index (χ2v) is 2.81. The molecule has 0 aliphatic heterocycles. The Labute approximate surface area is 78.6 Å². The van der Waals surface area contributed by atoms with Gasteiger partial charge in [-0.1, -0.05) is 19.6 Å². The molecule has 0 aliphatic carbocycles. The molecule has 0 bridgehead atoms. The molecule has 0 radical (unpaired) electrons. The fourth-order valence-electron chi connectivity index (χ4n) is 0.997. The van der Waals surface area contributed by atoms with Crippen LogP contribution in [0.15, 0.2) is 18.3 Å². The van der Waals surface area contributed by atoms with E-state index < -0.39 is 0 Å². The molecule has 3 heteroatoms. The van der Waals surface area contributed by atoms with Crippen molar-refractivity contribution in [2.45, 2.75) is 19.9 Å². The summed E-state index contributed by atoms with van der Waals surface area (Å²) in [4.78, 5) is 7.21. The molecule has 68 valence electrons. The fourth-order valence-corrected chi connectivity index (χ4v) is 0.997. The van der Waals surface area contributed by atoms with Gasteiger partial charge in [0.2, 0.25) is 0 Å². The number of hydrogen-bond acceptors (Lipinski definition) is 2. The molecule has 1 aromatic heterocycles. The summed E-state index contributed by atoms with van der Waals surface area (Å²) in [5.74, 6) is 0.458. The van der Waals surface area contributed by atoms with Gasteiger partial charge in [-0.15, -0.1) is 4.98 Å². The lowest BCUT2D eigenvalue weighted by atomic mass is 10.3. The van der Waals surface area contributed by atoms with Crippen molar-refractivity contribution in [1.82, 2.24) is 10.3 Å². The molecule has 0 saturated heterocycles. The third kappa shape index (κ3) is 3.22. The van der Waals surface area contributed by atoms with Crippen LogP contribution >= 0.6 is 0 Å². The van der Waals surface area contributed by atoms with Crippen LogP contribution in [0.2, 0.25) is 0 Å². The summed E-state index contributed by atoms with van der Waals surface area (Å²) in [5.41, 5.74) is 1.13. The second-order valence-electron chi connectivity index (χ2n) is 2.81. The lowest BCUT2D eigenvalue weighted by Crippen LogP contribution is -2.13. The molecular weight excluding hydrogens is 162 g/mol. The third-order valence-corrected chi connectivity index (χ3v) is 1.68. The van der Waals surface area contributed by atoms with E-state index >= 15 is 0 Å². The van der Waals surface area contributed by atoms with Gasteiger partial charge in [0.25, 0.3) is 5.82 Å². The van der Waals surface area contributed by atoms with Gasteiger partial charge in [0, 0.05) is 12.1 Å². The first kappa shape index (κ1) is 9.69. The van der Waals surface area contributed by atoms with Crippen molar-refractivity contribution in [3.05, 3.63) is 35.3 Å². The second kappa shape index (κ2) is 5.28. The van der Waals surface area contributed by atoms with E-state index in [0.717, 1.165) is 25.1 Å². The van der Waals surface area contributed by atoms with Crippen LogP contribution in [0.4, 0.5) is 5.82 Å². The first-order valence-corrected chi connectivity index (χ1v) is 4.40. The maximum Gasteiger partial charge on any atom is 0.269 e. The minimum atomic E-state index is 0.458. The summed E-state index contributed by atoms with van der Waals surface area (Å²) in [6, 6.07) is 3.68. The number of nitrogens with one attached hydrogen (secondary N) is 1. The predicted octanol–water partition coefficient (Wildman–Crippen LogP) is 2.13. The van der Waals surface area contributed by atoms with Crippen LogP contribution in [0.1, 0.15) is 18.9 Å². The van der Waals surface area contributed by atoms with Gasteiger partial charge in [-0.2, -0.15) is 0 Å². The molecule has 0 atom stereocenters. The van der Waals surface area contributed by atoms with Crippen molar-refractivity contribution in [3.8, 4) is 0 Å². The Balaban J connectivity index is 2.46. The summed E-state index contributed by atoms with van der Waals surface area (Å²) in [7, 11) is 0. The first-order valence-electron chi connectivity index (χ1n) is 4.40. The molecule has 1 heterocycles. The number of rotatable bonds is 4. The van der Waals surface area contributed by atoms with Gasteiger partial charge in [0.15, 0.2) is 0 Å². The molecule has 1 N–H and O–H groups in total. The van der Waals surface area contributed by atoms with Crippen LogP contribution in [0.3, 0.4) is 0 Å². The molecule has 0 aromatic carbocycles. The molecular formula is C10H13N3. The van der Waals surface area contributed by atoms with E-state index in [1.54, 1.807) is 12.3 Å². The van der Waals surface area contributed by atoms with Crippen LogP contribution in [-0.4, -0.2) is 11.5 Å². The maximum atomic E-state index is 6.73. The van der Waals surface area contributed by atoms with E-state index in [0.29, 0.717) is 5.82 Å². The van der Waals surface area contributed by atoms with Crippen LogP contribution in [0, 0.1) is 6.57 Å². The van der Waals surface area contributed by atoms with Crippen molar-refractivity contribution in [3.63, 3.8) is 0 Å². The zero-order valence-corrected chi connectivity index (χ0v) is 7.75. The highest BCUT2D eigenvalue weighted by atomic mass is 14.9. The maximum absolute atomic E-state index is 6.73. The molecule has 0 saturated carbocycles. The van der Waals surface area contributed by atoms with Crippen molar-refractivity contribution >= 4 is 5.82 Å². The van der Waals surface area contributed by atoms with Crippen molar-refractivity contribution in [2.75, 3.05) is 6.54 Å². The van der Waals surface area contributed by atoms with Crippen molar-refractivity contribution in [2.24, 2.45) is 0 Å². The molecule has 13 heavy (non-hydrogen) atoms. The topological polar surface area (TPSA) is 29.3 Å². The van der Waals surface area contributed by atoms with Gasteiger partial charge in [-0.3, -0.25) is 0 Å². The van der Waals surface area contributed by atoms with Gasteiger partial charge in [0.05, 0.1) is 0 Å². The average molecular weight is 175 g/mol. The van der Waals surface area contributed by atoms with Crippen LogP contribution < -0.4 is 5.32 Å². The standard InChI is InChI=1S/C10H13N3/c1-3-6-12-7-9-4-5-10(11-2)13-8-9/h4-5,8,12H,3,6-7H2,1H3. The highest BCUT2D eigenvalue weighted by Crippen LogP contribution is 2.07. The van der Waals surface area contributed by atoms with Gasteiger partial charge in [-0.25, -0.2) is 0 Å². The molecule has 0 fully saturated rings. The monoisotopic (exact) mass is 175 g/mol. The smallest absolute Gasteiger partial charge is 0.269 e. The van der Waals surface area contributed by atoms with E-state index in [-0.39, 0.29) is 0 Å². The first-order chi connectivity index (χ1) is 6.36. The van der Waals surface area contributed by atoms with E-state index in [2.05, 4.69) is 22.1 Å². The number of aromatic nitrogens is 1. The van der Waals surface area contributed by atoms with Crippen molar-refractivity contribution in [1.29, 1.82) is 0 Å². The molecule has 0 spiro atoms. The predicted molar refractivity (Wildman–Crippen MR) is 52.5 cm³/mol. The minimum absolute atomic E-state index is 0.458. The summed E-state index contributed by atoms with van der Waals surface area (Å²) in [5, 5.41) is 3.27. The Morgan fingerprint density at radius 1 is 1.54 bits per heavy atom. The normalized spacial score (nSPS) is 9.54. The number of nitrogens with zero attached hydrogens (tertiary/aromatic N) is 2. The Hall–Kier alpha value is -1.40. The van der Waals surface area contributed by atoms with Crippen molar-refractivity contribution < 1.29 is 0 Å². The zero-order valence-electron chi connectivity index (χ0n) is 7.75. The number of hydrogen-bond donors (Lipinski definition) is 1. The Bertz CT molecular complexity index is 284. The molecule has 0 aliphatic rings. The van der Waals surface area contributed by atoms with Gasteiger partial charge >= 0.3 is 0 Å². The highest BCUT2D eigenvalue weighted by molar-refractivity contribution is 5.35. The summed E-state index contributed by atoms with van der Waals surface area (Å²) in [6.45, 7) is 10.7. The van der Waals surface area contributed by atoms with E-state index in [1.165, 1.54) is 0 Å². The summed E-state index contributed by atoms with van der Waals surface area (Å²) < 4.78 is 0. The lowest BCUT2D eigenvalue weighted by molar-refractivity contribution is 0.674. The fraction of sp³-hybridized carbons (Fsp3) is 0.400. The molecule has 3 nitrogen and oxygen atoms in total. The van der Waals surface area contributed by atoms with Crippen LogP contribution in [0.5, 0.6) is 0 Å². The largest absolute Gasteiger partial charge is 0.361 e. The third-order valence-electron chi connectivity index (χ3n) is 1.68. The van der Waals surface area contributed by atoms with Gasteiger partial charge < -0.3 is 10.2 Å². The molecule has 0 unspecified atom stereocenters. The Kier molecular flexibility index (Phi) is 3.94. The van der Waals surface area contributed by atoms with Gasteiger partial charge in [-0.05, 0) is 19.0 Å². The van der Waals surface area contributed by atoms with E-state index in [9.17, 15) is 0 Å². The molecule has 1 aromatic rings. The average Bonchev–Trinajstić information content (AvgIpc) is 2.19. The molecule has 0 amide bonds. The summed E-state index contributed by atoms with van der Waals surface area (Å²) >= 11 is 0. The Morgan fingerprint density at radius 3 is 2.92 bits per heavy atom.